The first-order chi connectivity index (χ1) is 14.3. The molecule has 0 aliphatic heterocycles. The summed E-state index contributed by atoms with van der Waals surface area (Å²) in [6, 6.07) is 0. The van der Waals surface area contributed by atoms with Gasteiger partial charge < -0.3 is 5.11 Å². The Morgan fingerprint density at radius 2 is 1.39 bits per heavy atom. The average molecular weight is 429 g/mol. The van der Waals surface area contributed by atoms with Crippen molar-refractivity contribution in [3.63, 3.8) is 0 Å². The van der Waals surface area contributed by atoms with Crippen molar-refractivity contribution >= 4 is 0 Å². The predicted octanol–water partition coefficient (Wildman–Crippen LogP) is 8.10. The van der Waals surface area contributed by atoms with Crippen molar-refractivity contribution in [2.75, 3.05) is 0 Å². The molecule has 0 radical (unpaired) electrons. The van der Waals surface area contributed by atoms with Crippen LogP contribution >= 0.6 is 0 Å². The van der Waals surface area contributed by atoms with Gasteiger partial charge in [-0.05, 0) is 115 Å². The van der Waals surface area contributed by atoms with Gasteiger partial charge in [-0.15, -0.1) is 0 Å². The van der Waals surface area contributed by atoms with Gasteiger partial charge in [-0.1, -0.05) is 61.8 Å². The van der Waals surface area contributed by atoms with Crippen molar-refractivity contribution in [2.24, 2.45) is 62.6 Å². The standard InChI is InChI=1S/C30H52O/c1-19(2)20-12-16-27(5)21(20)13-17-29(7)22(27)10-11-23-28(6)15-9-14-26(3,4)24(28)18-25(31)30(23,29)8/h19-25,31H,9-18H2,1-8H3/t20-,21+,22-,23-,24+,25+,27+,28-,29-,30+/m1/s1. The van der Waals surface area contributed by atoms with Crippen LogP contribution < -0.4 is 0 Å². The molecular formula is C30H52O. The van der Waals surface area contributed by atoms with Crippen molar-refractivity contribution in [1.29, 1.82) is 0 Å². The van der Waals surface area contributed by atoms with E-state index < -0.39 is 0 Å². The zero-order valence-corrected chi connectivity index (χ0v) is 22.1. The largest absolute Gasteiger partial charge is 0.393 e. The molecule has 0 unspecified atom stereocenters. The molecule has 0 amide bonds. The second-order valence-electron chi connectivity index (χ2n) is 15.1. The highest BCUT2D eigenvalue weighted by Gasteiger charge is 2.72. The predicted molar refractivity (Wildman–Crippen MR) is 131 cm³/mol. The third-order valence-electron chi connectivity index (χ3n) is 13.7. The number of aliphatic hydroxyl groups is 1. The van der Waals surface area contributed by atoms with E-state index in [4.69, 9.17) is 0 Å². The topological polar surface area (TPSA) is 20.2 Å². The van der Waals surface area contributed by atoms with Gasteiger partial charge in [0.2, 0.25) is 0 Å². The maximum Gasteiger partial charge on any atom is 0.0605 e. The van der Waals surface area contributed by atoms with E-state index in [2.05, 4.69) is 55.4 Å². The Morgan fingerprint density at radius 1 is 0.710 bits per heavy atom. The van der Waals surface area contributed by atoms with Gasteiger partial charge in [-0.3, -0.25) is 0 Å². The fourth-order valence-electron chi connectivity index (χ4n) is 12.1. The molecule has 0 saturated heterocycles. The minimum absolute atomic E-state index is 0.0818. The third kappa shape index (κ3) is 2.65. The smallest absolute Gasteiger partial charge is 0.0605 e. The summed E-state index contributed by atoms with van der Waals surface area (Å²) in [5.41, 5.74) is 1.67. The van der Waals surface area contributed by atoms with Crippen molar-refractivity contribution in [2.45, 2.75) is 126 Å². The Morgan fingerprint density at radius 3 is 2.06 bits per heavy atom. The van der Waals surface area contributed by atoms with Gasteiger partial charge in [0.15, 0.2) is 0 Å². The van der Waals surface area contributed by atoms with E-state index in [0.717, 1.165) is 30.1 Å². The van der Waals surface area contributed by atoms with Gasteiger partial charge in [-0.2, -0.15) is 0 Å². The maximum atomic E-state index is 12.0. The molecule has 5 rings (SSSR count). The number of rotatable bonds is 1. The van der Waals surface area contributed by atoms with Crippen molar-refractivity contribution in [3.05, 3.63) is 0 Å². The first-order valence-corrected chi connectivity index (χ1v) is 14.0. The minimum atomic E-state index is -0.122. The second-order valence-corrected chi connectivity index (χ2v) is 15.1. The quantitative estimate of drug-likeness (QED) is 0.447. The molecule has 0 aromatic carbocycles. The molecule has 0 aromatic heterocycles. The van der Waals surface area contributed by atoms with Crippen LogP contribution in [0.15, 0.2) is 0 Å². The Hall–Kier alpha value is -0.0400. The molecule has 5 aliphatic rings. The maximum absolute atomic E-state index is 12.0. The molecule has 1 N–H and O–H groups in total. The Labute approximate surface area is 193 Å². The summed E-state index contributed by atoms with van der Waals surface area (Å²) in [6.45, 7) is 20.6. The van der Waals surface area contributed by atoms with Gasteiger partial charge in [0.25, 0.3) is 0 Å². The summed E-state index contributed by atoms with van der Waals surface area (Å²) >= 11 is 0. The van der Waals surface area contributed by atoms with Crippen LogP contribution in [0.1, 0.15) is 120 Å². The lowest BCUT2D eigenvalue weighted by molar-refractivity contribution is -0.279. The fraction of sp³-hybridized carbons (Fsp3) is 1.00. The van der Waals surface area contributed by atoms with E-state index in [0.29, 0.717) is 33.5 Å². The van der Waals surface area contributed by atoms with E-state index in [1.165, 1.54) is 57.8 Å². The zero-order valence-electron chi connectivity index (χ0n) is 22.1. The second kappa shape index (κ2) is 6.76. The lowest BCUT2D eigenvalue weighted by Crippen LogP contribution is -2.70. The molecule has 0 spiro atoms. The zero-order chi connectivity index (χ0) is 22.6. The van der Waals surface area contributed by atoms with Gasteiger partial charge in [-0.25, -0.2) is 0 Å². The van der Waals surface area contributed by atoms with E-state index in [1.807, 2.05) is 0 Å². The third-order valence-corrected chi connectivity index (χ3v) is 13.7. The normalized spacial score (nSPS) is 58.3. The first kappa shape index (κ1) is 22.7. The summed E-state index contributed by atoms with van der Waals surface area (Å²) in [5, 5.41) is 12.0. The van der Waals surface area contributed by atoms with Crippen LogP contribution in [0, 0.1) is 62.6 Å². The van der Waals surface area contributed by atoms with Gasteiger partial charge in [0.05, 0.1) is 6.10 Å². The first-order valence-electron chi connectivity index (χ1n) is 14.0. The van der Waals surface area contributed by atoms with E-state index in [9.17, 15) is 5.11 Å². The highest BCUT2D eigenvalue weighted by atomic mass is 16.3. The van der Waals surface area contributed by atoms with Crippen molar-refractivity contribution < 1.29 is 5.11 Å². The van der Waals surface area contributed by atoms with Gasteiger partial charge in [0, 0.05) is 5.41 Å². The fourth-order valence-corrected chi connectivity index (χ4v) is 12.1. The number of aliphatic hydroxyl groups excluding tert-OH is 1. The van der Waals surface area contributed by atoms with Crippen LogP contribution in [-0.2, 0) is 0 Å². The number of fused-ring (bicyclic) bond motifs is 7. The summed E-state index contributed by atoms with van der Waals surface area (Å²) in [4.78, 5) is 0. The SMILES string of the molecule is CC(C)[C@H]1CC[C@]2(C)[C@H]3CC[C@@H]4[C@@]5(C)CCCC(C)(C)[C@@H]5C[C@H](O)[C@@]4(C)[C@]3(C)CC[C@@H]12. The lowest BCUT2D eigenvalue weighted by Gasteiger charge is -2.74. The van der Waals surface area contributed by atoms with Crippen LogP contribution in [0.25, 0.3) is 0 Å². The van der Waals surface area contributed by atoms with Crippen molar-refractivity contribution in [1.82, 2.24) is 0 Å². The van der Waals surface area contributed by atoms with Crippen molar-refractivity contribution in [3.8, 4) is 0 Å². The Kier molecular flexibility index (Phi) is 4.96. The van der Waals surface area contributed by atoms with E-state index in [1.54, 1.807) is 0 Å². The summed E-state index contributed by atoms with van der Waals surface area (Å²) in [7, 11) is 0. The molecule has 0 bridgehead atoms. The number of hydrogen-bond donors (Lipinski definition) is 1. The van der Waals surface area contributed by atoms with E-state index in [-0.39, 0.29) is 11.5 Å². The Bertz CT molecular complexity index is 724. The summed E-state index contributed by atoms with van der Waals surface area (Å²) < 4.78 is 0. The molecule has 10 atom stereocenters. The Balaban J connectivity index is 1.56. The molecule has 178 valence electrons. The summed E-state index contributed by atoms with van der Waals surface area (Å²) in [6.07, 6.45) is 13.5. The van der Waals surface area contributed by atoms with Crippen LogP contribution in [0.5, 0.6) is 0 Å². The molecule has 1 nitrogen and oxygen atoms in total. The van der Waals surface area contributed by atoms with Crippen LogP contribution in [0.4, 0.5) is 0 Å². The van der Waals surface area contributed by atoms with Gasteiger partial charge >= 0.3 is 0 Å². The van der Waals surface area contributed by atoms with E-state index >= 15 is 0 Å². The molecule has 31 heavy (non-hydrogen) atoms. The lowest BCUT2D eigenvalue weighted by atomic mass is 9.31. The van der Waals surface area contributed by atoms with Crippen LogP contribution in [0.2, 0.25) is 0 Å². The monoisotopic (exact) mass is 428 g/mol. The van der Waals surface area contributed by atoms with Crippen LogP contribution in [0.3, 0.4) is 0 Å². The highest BCUT2D eigenvalue weighted by molar-refractivity contribution is 5.21. The highest BCUT2D eigenvalue weighted by Crippen LogP contribution is 2.77. The van der Waals surface area contributed by atoms with Gasteiger partial charge in [0.1, 0.15) is 0 Å². The molecule has 5 aliphatic carbocycles. The molecule has 1 heteroatoms. The number of hydrogen-bond acceptors (Lipinski definition) is 1. The molecule has 0 heterocycles. The van der Waals surface area contributed by atoms with Crippen LogP contribution in [-0.4, -0.2) is 11.2 Å². The minimum Gasteiger partial charge on any atom is -0.393 e. The average Bonchev–Trinajstić information content (AvgIpc) is 3.02. The molecular weight excluding hydrogens is 376 g/mol. The molecule has 5 fully saturated rings. The molecule has 0 aromatic rings. The molecule has 5 saturated carbocycles. The summed E-state index contributed by atoms with van der Waals surface area (Å²) in [5.74, 6) is 4.85.